The van der Waals surface area contributed by atoms with E-state index in [9.17, 15) is 9.59 Å². The maximum Gasteiger partial charge on any atom is 0.260 e. The fraction of sp³-hybridized carbons (Fsp3) is 0.462. The Morgan fingerprint density at radius 2 is 1.73 bits per heavy atom. The van der Waals surface area contributed by atoms with Crippen molar-refractivity contribution < 1.29 is 19.1 Å². The second-order valence-electron chi connectivity index (χ2n) is 8.05. The number of aryl methyl sites for hydroxylation is 1. The number of hydrogen-bond donors (Lipinski definition) is 1. The lowest BCUT2D eigenvalue weighted by atomic mass is 10.0. The smallest absolute Gasteiger partial charge is 0.260 e. The van der Waals surface area contributed by atoms with Crippen LogP contribution in [0.5, 0.6) is 11.5 Å². The molecule has 0 atom stereocenters. The quantitative estimate of drug-likeness (QED) is 0.522. The number of rotatable bonds is 9. The van der Waals surface area contributed by atoms with Crippen molar-refractivity contribution in [3.63, 3.8) is 0 Å². The Morgan fingerprint density at radius 1 is 0.970 bits per heavy atom. The Balaban J connectivity index is 1.76. The van der Waals surface area contributed by atoms with E-state index in [1.165, 1.54) is 0 Å². The van der Waals surface area contributed by atoms with Crippen LogP contribution in [0.15, 0.2) is 30.3 Å². The van der Waals surface area contributed by atoms with Crippen LogP contribution in [0.1, 0.15) is 61.5 Å². The summed E-state index contributed by atoms with van der Waals surface area (Å²) in [7, 11) is 0. The summed E-state index contributed by atoms with van der Waals surface area (Å²) in [6, 6.07) is 8.84. The van der Waals surface area contributed by atoms with Crippen LogP contribution in [0.4, 0.5) is 5.69 Å². The summed E-state index contributed by atoms with van der Waals surface area (Å²) in [6.45, 7) is 7.85. The molecule has 33 heavy (non-hydrogen) atoms. The SMILES string of the molecule is CCOc1cc(C(=O)Nc2c(CC)ccc(Cl)c2CC)ccc1OCC(=O)N1CCCCC1. The van der Waals surface area contributed by atoms with Gasteiger partial charge in [-0.25, -0.2) is 0 Å². The van der Waals surface area contributed by atoms with Crippen molar-refractivity contribution in [1.82, 2.24) is 4.90 Å². The van der Waals surface area contributed by atoms with E-state index in [1.807, 2.05) is 37.8 Å². The molecule has 178 valence electrons. The van der Waals surface area contributed by atoms with Crippen LogP contribution in [0.3, 0.4) is 0 Å². The summed E-state index contributed by atoms with van der Waals surface area (Å²) in [5.41, 5.74) is 3.16. The molecule has 0 spiro atoms. The summed E-state index contributed by atoms with van der Waals surface area (Å²) in [5.74, 6) is 0.608. The molecule has 1 heterocycles. The standard InChI is InChI=1S/C26H33ClN2O4/c1-4-18-10-12-21(27)20(5-2)25(18)28-26(31)19-11-13-22(23(16-19)32-6-3)33-17-24(30)29-14-8-7-9-15-29/h10-13,16H,4-9,14-15,17H2,1-3H3,(H,28,31). The van der Waals surface area contributed by atoms with E-state index in [2.05, 4.69) is 5.32 Å². The highest BCUT2D eigenvalue weighted by Gasteiger charge is 2.19. The summed E-state index contributed by atoms with van der Waals surface area (Å²) < 4.78 is 11.5. The molecule has 2 amide bonds. The Labute approximate surface area is 201 Å². The zero-order valence-corrected chi connectivity index (χ0v) is 20.5. The number of carbonyl (C=O) groups excluding carboxylic acids is 2. The van der Waals surface area contributed by atoms with Gasteiger partial charge in [0.15, 0.2) is 18.1 Å². The largest absolute Gasteiger partial charge is 0.490 e. The molecule has 0 unspecified atom stereocenters. The maximum absolute atomic E-state index is 13.1. The monoisotopic (exact) mass is 472 g/mol. The Morgan fingerprint density at radius 3 is 2.39 bits per heavy atom. The molecule has 0 saturated carbocycles. The van der Waals surface area contributed by atoms with Crippen LogP contribution < -0.4 is 14.8 Å². The lowest BCUT2D eigenvalue weighted by molar-refractivity contribution is -0.134. The predicted octanol–water partition coefficient (Wildman–Crippen LogP) is 5.51. The van der Waals surface area contributed by atoms with Gasteiger partial charge in [-0.2, -0.15) is 0 Å². The molecule has 1 fully saturated rings. The van der Waals surface area contributed by atoms with Crippen molar-refractivity contribution in [2.75, 3.05) is 31.6 Å². The molecule has 1 aliphatic heterocycles. The van der Waals surface area contributed by atoms with Gasteiger partial charge in [0.25, 0.3) is 11.8 Å². The predicted molar refractivity (Wildman–Crippen MR) is 132 cm³/mol. The van der Waals surface area contributed by atoms with Gasteiger partial charge in [0.2, 0.25) is 0 Å². The number of likely N-dealkylation sites (tertiary alicyclic amines) is 1. The van der Waals surface area contributed by atoms with Crippen molar-refractivity contribution in [2.45, 2.75) is 52.9 Å². The third-order valence-electron chi connectivity index (χ3n) is 5.88. The number of amides is 2. The average Bonchev–Trinajstić information content (AvgIpc) is 2.84. The molecular weight excluding hydrogens is 440 g/mol. The minimum atomic E-state index is -0.251. The van der Waals surface area contributed by atoms with Gasteiger partial charge < -0.3 is 19.7 Å². The van der Waals surface area contributed by atoms with Gasteiger partial charge in [-0.1, -0.05) is 31.5 Å². The lowest BCUT2D eigenvalue weighted by Crippen LogP contribution is -2.38. The first-order chi connectivity index (χ1) is 16.0. The van der Waals surface area contributed by atoms with Crippen LogP contribution in [0.25, 0.3) is 0 Å². The second-order valence-corrected chi connectivity index (χ2v) is 8.45. The summed E-state index contributed by atoms with van der Waals surface area (Å²) in [6.07, 6.45) is 4.72. The summed E-state index contributed by atoms with van der Waals surface area (Å²) >= 11 is 6.37. The molecule has 1 aliphatic rings. The number of nitrogens with one attached hydrogen (secondary N) is 1. The number of carbonyl (C=O) groups is 2. The van der Waals surface area contributed by atoms with Crippen LogP contribution in [-0.2, 0) is 17.6 Å². The van der Waals surface area contributed by atoms with E-state index in [0.717, 1.165) is 55.6 Å². The number of nitrogens with zero attached hydrogens (tertiary/aromatic N) is 1. The number of piperidine rings is 1. The van der Waals surface area contributed by atoms with Gasteiger partial charge in [0.05, 0.1) is 6.61 Å². The molecule has 2 aromatic carbocycles. The van der Waals surface area contributed by atoms with Crippen LogP contribution in [0.2, 0.25) is 5.02 Å². The summed E-state index contributed by atoms with van der Waals surface area (Å²) in [5, 5.41) is 3.68. The van der Waals surface area contributed by atoms with Crippen LogP contribution in [-0.4, -0.2) is 43.0 Å². The minimum Gasteiger partial charge on any atom is -0.490 e. The number of ether oxygens (including phenoxy) is 2. The molecule has 1 N–H and O–H groups in total. The normalized spacial score (nSPS) is 13.5. The fourth-order valence-electron chi connectivity index (χ4n) is 4.06. The first kappa shape index (κ1) is 24.9. The van der Waals surface area contributed by atoms with E-state index < -0.39 is 0 Å². The van der Waals surface area contributed by atoms with Crippen molar-refractivity contribution in [1.29, 1.82) is 0 Å². The number of benzene rings is 2. The highest BCUT2D eigenvalue weighted by Crippen LogP contribution is 2.32. The molecule has 0 bridgehead atoms. The number of hydrogen-bond acceptors (Lipinski definition) is 4. The van der Waals surface area contributed by atoms with Crippen molar-refractivity contribution in [3.05, 3.63) is 52.0 Å². The molecule has 0 aromatic heterocycles. The van der Waals surface area contributed by atoms with Crippen LogP contribution >= 0.6 is 11.6 Å². The molecule has 2 aromatic rings. The second kappa shape index (κ2) is 11.9. The topological polar surface area (TPSA) is 67.9 Å². The number of halogens is 1. The van der Waals surface area contributed by atoms with Crippen molar-refractivity contribution in [2.24, 2.45) is 0 Å². The molecular formula is C26H33ClN2O4. The maximum atomic E-state index is 13.1. The summed E-state index contributed by atoms with van der Waals surface area (Å²) in [4.78, 5) is 27.4. The Bertz CT molecular complexity index is 986. The minimum absolute atomic E-state index is 0.0286. The molecule has 7 heteroatoms. The molecule has 0 aliphatic carbocycles. The Kier molecular flexibility index (Phi) is 9.01. The van der Waals surface area contributed by atoms with E-state index >= 15 is 0 Å². The van der Waals surface area contributed by atoms with Gasteiger partial charge in [-0.15, -0.1) is 0 Å². The highest BCUT2D eigenvalue weighted by atomic mass is 35.5. The molecule has 1 saturated heterocycles. The first-order valence-corrected chi connectivity index (χ1v) is 12.1. The molecule has 3 rings (SSSR count). The Hall–Kier alpha value is -2.73. The van der Waals surface area contributed by atoms with E-state index in [1.54, 1.807) is 18.2 Å². The average molecular weight is 473 g/mol. The van der Waals surface area contributed by atoms with Gasteiger partial charge in [0.1, 0.15) is 0 Å². The van der Waals surface area contributed by atoms with E-state index in [4.69, 9.17) is 21.1 Å². The van der Waals surface area contributed by atoms with E-state index in [-0.39, 0.29) is 18.4 Å². The van der Waals surface area contributed by atoms with Crippen LogP contribution in [0, 0.1) is 0 Å². The zero-order valence-electron chi connectivity index (χ0n) is 19.7. The van der Waals surface area contributed by atoms with Gasteiger partial charge in [-0.05, 0) is 74.4 Å². The lowest BCUT2D eigenvalue weighted by Gasteiger charge is -2.26. The first-order valence-electron chi connectivity index (χ1n) is 11.8. The molecule has 0 radical (unpaired) electrons. The molecule has 6 nitrogen and oxygen atoms in total. The zero-order chi connectivity index (χ0) is 23.8. The van der Waals surface area contributed by atoms with Gasteiger partial charge in [0, 0.05) is 29.4 Å². The number of anilines is 1. The van der Waals surface area contributed by atoms with Gasteiger partial charge >= 0.3 is 0 Å². The third-order valence-corrected chi connectivity index (χ3v) is 6.23. The third kappa shape index (κ3) is 6.20. The highest BCUT2D eigenvalue weighted by molar-refractivity contribution is 6.32. The van der Waals surface area contributed by atoms with Crippen molar-refractivity contribution >= 4 is 29.1 Å². The fourth-order valence-corrected chi connectivity index (χ4v) is 4.35. The van der Waals surface area contributed by atoms with E-state index in [0.29, 0.717) is 35.1 Å². The van der Waals surface area contributed by atoms with Crippen molar-refractivity contribution in [3.8, 4) is 11.5 Å². The van der Waals surface area contributed by atoms with Gasteiger partial charge in [-0.3, -0.25) is 9.59 Å².